The van der Waals surface area contributed by atoms with Crippen LogP contribution in [0.5, 0.6) is 0 Å². The second-order valence-electron chi connectivity index (χ2n) is 5.58. The monoisotopic (exact) mass is 358 g/mol. The molecular formula is C17H15ClN4O3. The first-order chi connectivity index (χ1) is 11.9. The molecule has 128 valence electrons. The number of amides is 1. The fraction of sp³-hybridized carbons (Fsp3) is 0.176. The number of carbonyl (C=O) groups is 1. The standard InChI is InChI=1S/C17H15ClN4O3/c1-21-14-12(16(24)22(2)17(21)25)7-11(9-19-14)15(23)20-8-10-5-3-4-6-13(10)18/h3-7,9H,8H2,1-2H3,(H,20,23). The van der Waals surface area contributed by atoms with Crippen LogP contribution in [0, 0.1) is 0 Å². The van der Waals surface area contributed by atoms with Crippen molar-refractivity contribution in [2.24, 2.45) is 14.1 Å². The topological polar surface area (TPSA) is 86.0 Å². The van der Waals surface area contributed by atoms with Gasteiger partial charge >= 0.3 is 5.69 Å². The Bertz CT molecular complexity index is 1100. The van der Waals surface area contributed by atoms with E-state index < -0.39 is 11.2 Å². The Morgan fingerprint density at radius 2 is 1.92 bits per heavy atom. The van der Waals surface area contributed by atoms with Gasteiger partial charge in [0.15, 0.2) is 0 Å². The molecule has 0 bridgehead atoms. The maximum absolute atomic E-state index is 12.3. The molecule has 0 aliphatic heterocycles. The molecule has 0 aliphatic carbocycles. The van der Waals surface area contributed by atoms with E-state index in [0.717, 1.165) is 10.1 Å². The van der Waals surface area contributed by atoms with E-state index in [2.05, 4.69) is 10.3 Å². The van der Waals surface area contributed by atoms with Gasteiger partial charge in [0.05, 0.1) is 10.9 Å². The van der Waals surface area contributed by atoms with Crippen LogP contribution < -0.4 is 16.6 Å². The van der Waals surface area contributed by atoms with Crippen LogP contribution in [-0.4, -0.2) is 20.0 Å². The Hall–Kier alpha value is -2.93. The van der Waals surface area contributed by atoms with Gasteiger partial charge in [-0.05, 0) is 17.7 Å². The molecule has 3 aromatic rings. The van der Waals surface area contributed by atoms with Gasteiger partial charge in [-0.25, -0.2) is 9.78 Å². The lowest BCUT2D eigenvalue weighted by Crippen LogP contribution is -2.37. The Labute approximate surface area is 147 Å². The van der Waals surface area contributed by atoms with Crippen LogP contribution in [0.2, 0.25) is 5.02 Å². The normalized spacial score (nSPS) is 10.8. The summed E-state index contributed by atoms with van der Waals surface area (Å²) in [6, 6.07) is 8.62. The third-order valence-electron chi connectivity index (χ3n) is 3.95. The Morgan fingerprint density at radius 1 is 1.20 bits per heavy atom. The number of hydrogen-bond acceptors (Lipinski definition) is 4. The number of nitrogens with one attached hydrogen (secondary N) is 1. The first-order valence-corrected chi connectivity index (χ1v) is 7.85. The Morgan fingerprint density at radius 3 is 2.64 bits per heavy atom. The van der Waals surface area contributed by atoms with Crippen molar-refractivity contribution < 1.29 is 4.79 Å². The second kappa shape index (κ2) is 6.52. The predicted octanol–water partition coefficient (Wildman–Crippen LogP) is 1.22. The average Bonchev–Trinajstić information content (AvgIpc) is 2.63. The zero-order valence-corrected chi connectivity index (χ0v) is 14.4. The van der Waals surface area contributed by atoms with Crippen molar-refractivity contribution in [1.82, 2.24) is 19.4 Å². The summed E-state index contributed by atoms with van der Waals surface area (Å²) in [5.41, 5.74) is 0.280. The van der Waals surface area contributed by atoms with E-state index in [4.69, 9.17) is 11.6 Å². The lowest BCUT2D eigenvalue weighted by molar-refractivity contribution is 0.0950. The van der Waals surface area contributed by atoms with Gasteiger partial charge < -0.3 is 5.32 Å². The van der Waals surface area contributed by atoms with Crippen LogP contribution in [-0.2, 0) is 20.6 Å². The lowest BCUT2D eigenvalue weighted by Gasteiger charge is -2.09. The van der Waals surface area contributed by atoms with E-state index in [9.17, 15) is 14.4 Å². The van der Waals surface area contributed by atoms with Crippen molar-refractivity contribution in [3.63, 3.8) is 0 Å². The smallest absolute Gasteiger partial charge is 0.332 e. The molecule has 3 rings (SSSR count). The Kier molecular flexibility index (Phi) is 4.41. The molecule has 0 radical (unpaired) electrons. The molecule has 7 nitrogen and oxygen atoms in total. The van der Waals surface area contributed by atoms with E-state index in [1.807, 2.05) is 12.1 Å². The van der Waals surface area contributed by atoms with Crippen LogP contribution in [0.25, 0.3) is 11.0 Å². The number of aryl methyl sites for hydroxylation is 1. The number of nitrogens with zero attached hydrogens (tertiary/aromatic N) is 3. The van der Waals surface area contributed by atoms with Crippen molar-refractivity contribution in [1.29, 1.82) is 0 Å². The molecule has 2 heterocycles. The molecule has 0 unspecified atom stereocenters. The van der Waals surface area contributed by atoms with Gasteiger partial charge in [-0.15, -0.1) is 0 Å². The summed E-state index contributed by atoms with van der Waals surface area (Å²) in [7, 11) is 2.91. The predicted molar refractivity (Wildman–Crippen MR) is 94.8 cm³/mol. The molecule has 25 heavy (non-hydrogen) atoms. The fourth-order valence-corrected chi connectivity index (χ4v) is 2.71. The zero-order chi connectivity index (χ0) is 18.1. The summed E-state index contributed by atoms with van der Waals surface area (Å²) in [4.78, 5) is 40.6. The first-order valence-electron chi connectivity index (χ1n) is 7.47. The average molecular weight is 359 g/mol. The van der Waals surface area contributed by atoms with Crippen LogP contribution in [0.1, 0.15) is 15.9 Å². The fourth-order valence-electron chi connectivity index (χ4n) is 2.51. The minimum absolute atomic E-state index is 0.204. The third-order valence-corrected chi connectivity index (χ3v) is 4.32. The number of pyridine rings is 1. The maximum Gasteiger partial charge on any atom is 0.332 e. The highest BCUT2D eigenvalue weighted by molar-refractivity contribution is 6.31. The quantitative estimate of drug-likeness (QED) is 0.762. The first kappa shape index (κ1) is 16.9. The summed E-state index contributed by atoms with van der Waals surface area (Å²) in [5, 5.41) is 3.50. The van der Waals surface area contributed by atoms with E-state index in [-0.39, 0.29) is 29.0 Å². The minimum atomic E-state index is -0.494. The van der Waals surface area contributed by atoms with Crippen molar-refractivity contribution in [3.8, 4) is 0 Å². The third kappa shape index (κ3) is 3.06. The van der Waals surface area contributed by atoms with Gasteiger partial charge in [0.1, 0.15) is 5.65 Å². The highest BCUT2D eigenvalue weighted by Gasteiger charge is 2.13. The van der Waals surface area contributed by atoms with Crippen LogP contribution in [0.3, 0.4) is 0 Å². The van der Waals surface area contributed by atoms with E-state index in [1.165, 1.54) is 30.9 Å². The number of benzene rings is 1. The summed E-state index contributed by atoms with van der Waals surface area (Å²) >= 11 is 6.06. The van der Waals surface area contributed by atoms with Gasteiger partial charge in [0.2, 0.25) is 0 Å². The van der Waals surface area contributed by atoms with E-state index in [0.29, 0.717) is 5.02 Å². The molecule has 0 saturated carbocycles. The van der Waals surface area contributed by atoms with Gasteiger partial charge in [-0.2, -0.15) is 0 Å². The molecule has 2 aromatic heterocycles. The molecule has 0 spiro atoms. The van der Waals surface area contributed by atoms with Gasteiger partial charge in [0.25, 0.3) is 11.5 Å². The summed E-state index contributed by atoms with van der Waals surface area (Å²) in [5.74, 6) is -0.384. The van der Waals surface area contributed by atoms with Crippen molar-refractivity contribution in [2.75, 3.05) is 0 Å². The minimum Gasteiger partial charge on any atom is -0.348 e. The molecule has 8 heteroatoms. The second-order valence-corrected chi connectivity index (χ2v) is 5.98. The van der Waals surface area contributed by atoms with Gasteiger partial charge in [0, 0.05) is 31.9 Å². The largest absolute Gasteiger partial charge is 0.348 e. The number of aromatic nitrogens is 3. The molecular weight excluding hydrogens is 344 g/mol. The highest BCUT2D eigenvalue weighted by Crippen LogP contribution is 2.14. The van der Waals surface area contributed by atoms with Crippen LogP contribution in [0.4, 0.5) is 0 Å². The van der Waals surface area contributed by atoms with Crippen molar-refractivity contribution >= 4 is 28.5 Å². The number of halogens is 1. The number of carbonyl (C=O) groups excluding carboxylic acids is 1. The van der Waals surface area contributed by atoms with Crippen molar-refractivity contribution in [3.05, 3.63) is 73.5 Å². The lowest BCUT2D eigenvalue weighted by atomic mass is 10.2. The van der Waals surface area contributed by atoms with Gasteiger partial charge in [-0.3, -0.25) is 18.7 Å². The summed E-state index contributed by atoms with van der Waals surface area (Å²) in [6.07, 6.45) is 1.34. The number of hydrogen-bond donors (Lipinski definition) is 1. The van der Waals surface area contributed by atoms with Crippen LogP contribution in [0.15, 0.2) is 46.1 Å². The van der Waals surface area contributed by atoms with E-state index in [1.54, 1.807) is 12.1 Å². The van der Waals surface area contributed by atoms with Gasteiger partial charge in [-0.1, -0.05) is 29.8 Å². The van der Waals surface area contributed by atoms with E-state index >= 15 is 0 Å². The molecule has 0 saturated heterocycles. The Balaban J connectivity index is 1.94. The zero-order valence-electron chi connectivity index (χ0n) is 13.6. The SMILES string of the molecule is Cn1c(=O)c2cc(C(=O)NCc3ccccc3Cl)cnc2n(C)c1=O. The molecule has 0 fully saturated rings. The van der Waals surface area contributed by atoms with Crippen molar-refractivity contribution in [2.45, 2.75) is 6.54 Å². The summed E-state index contributed by atoms with van der Waals surface area (Å²) in [6.45, 7) is 0.252. The van der Waals surface area contributed by atoms with Crippen LogP contribution >= 0.6 is 11.6 Å². The molecule has 1 aromatic carbocycles. The number of rotatable bonds is 3. The molecule has 0 atom stereocenters. The number of fused-ring (bicyclic) bond motifs is 1. The molecule has 0 aliphatic rings. The summed E-state index contributed by atoms with van der Waals surface area (Å²) < 4.78 is 2.25. The highest BCUT2D eigenvalue weighted by atomic mass is 35.5. The maximum atomic E-state index is 12.3. The molecule has 1 amide bonds. The molecule has 1 N–H and O–H groups in total.